The van der Waals surface area contributed by atoms with Crippen LogP contribution >= 0.6 is 0 Å². The van der Waals surface area contributed by atoms with E-state index in [1.165, 1.54) is 4.31 Å². The molecule has 1 heterocycles. The zero-order chi connectivity index (χ0) is 13.2. The Morgan fingerprint density at radius 1 is 1.22 bits per heavy atom. The van der Waals surface area contributed by atoms with Gasteiger partial charge < -0.3 is 4.74 Å². The molecule has 0 bridgehead atoms. The number of para-hydroxylation sites is 2. The predicted molar refractivity (Wildman–Crippen MR) is 72.6 cm³/mol. The van der Waals surface area contributed by atoms with E-state index < -0.39 is 10.0 Å². The third kappa shape index (κ3) is 2.77. The lowest BCUT2D eigenvalue weighted by molar-refractivity contribution is 0.243. The van der Waals surface area contributed by atoms with E-state index in [0.717, 1.165) is 12.8 Å². The van der Waals surface area contributed by atoms with Crippen LogP contribution in [0.4, 0.5) is 5.69 Å². The molecule has 0 atom stereocenters. The smallest absolute Gasteiger partial charge is 0.235 e. The van der Waals surface area contributed by atoms with E-state index in [4.69, 9.17) is 4.74 Å². The average Bonchev–Trinajstić information content (AvgIpc) is 2.29. The van der Waals surface area contributed by atoms with Crippen molar-refractivity contribution in [2.75, 3.05) is 16.6 Å². The Labute approximate surface area is 109 Å². The molecular formula is C13H19NO3S. The zero-order valence-corrected chi connectivity index (χ0v) is 11.6. The van der Waals surface area contributed by atoms with E-state index in [1.54, 1.807) is 6.07 Å². The minimum absolute atomic E-state index is 0.0265. The molecule has 1 aliphatic heterocycles. The maximum atomic E-state index is 12.1. The van der Waals surface area contributed by atoms with Crippen LogP contribution in [0.2, 0.25) is 0 Å². The van der Waals surface area contributed by atoms with Gasteiger partial charge in [0.1, 0.15) is 5.75 Å². The number of ether oxygens (including phenoxy) is 1. The van der Waals surface area contributed by atoms with Crippen LogP contribution in [0.5, 0.6) is 5.75 Å². The lowest BCUT2D eigenvalue weighted by Gasteiger charge is -2.30. The quantitative estimate of drug-likeness (QED) is 0.846. The minimum atomic E-state index is -3.18. The highest BCUT2D eigenvalue weighted by Gasteiger charge is 2.28. The standard InChI is InChI=1S/C13H19NO3S/c1-11(2)17-13-8-4-3-7-12(13)14-9-5-6-10-18(14,15)16/h3-4,7-8,11H,5-6,9-10H2,1-2H3. The second kappa shape index (κ2) is 5.18. The fourth-order valence-corrected chi connectivity index (χ4v) is 3.72. The molecule has 1 aromatic rings. The maximum absolute atomic E-state index is 12.1. The Morgan fingerprint density at radius 3 is 2.61 bits per heavy atom. The highest BCUT2D eigenvalue weighted by Crippen LogP contribution is 2.32. The summed E-state index contributed by atoms with van der Waals surface area (Å²) in [6.45, 7) is 4.41. The van der Waals surface area contributed by atoms with Crippen LogP contribution in [0.25, 0.3) is 0 Å². The summed E-state index contributed by atoms with van der Waals surface area (Å²) < 4.78 is 31.3. The van der Waals surface area contributed by atoms with Gasteiger partial charge in [0.15, 0.2) is 0 Å². The molecule has 0 radical (unpaired) electrons. The normalized spacial score (nSPS) is 18.9. The Kier molecular flexibility index (Phi) is 3.80. The van der Waals surface area contributed by atoms with Gasteiger partial charge in [0, 0.05) is 6.54 Å². The molecule has 100 valence electrons. The fourth-order valence-electron chi connectivity index (χ4n) is 2.08. The van der Waals surface area contributed by atoms with Crippen molar-refractivity contribution in [3.63, 3.8) is 0 Å². The Bertz CT molecular complexity index is 511. The van der Waals surface area contributed by atoms with Crippen LogP contribution < -0.4 is 9.04 Å². The first-order chi connectivity index (χ1) is 8.50. The first-order valence-electron chi connectivity index (χ1n) is 6.27. The highest BCUT2D eigenvalue weighted by molar-refractivity contribution is 7.92. The van der Waals surface area contributed by atoms with Crippen molar-refractivity contribution in [3.8, 4) is 5.75 Å². The van der Waals surface area contributed by atoms with Crippen LogP contribution in [0.3, 0.4) is 0 Å². The Balaban J connectivity index is 2.37. The third-order valence-corrected chi connectivity index (χ3v) is 4.70. The largest absolute Gasteiger partial charge is 0.489 e. The second-order valence-electron chi connectivity index (χ2n) is 4.73. The van der Waals surface area contributed by atoms with Crippen LogP contribution in [0.1, 0.15) is 26.7 Å². The van der Waals surface area contributed by atoms with Crippen molar-refractivity contribution in [2.24, 2.45) is 0 Å². The monoisotopic (exact) mass is 269 g/mol. The van der Waals surface area contributed by atoms with E-state index in [1.807, 2.05) is 32.0 Å². The number of benzene rings is 1. The summed E-state index contributed by atoms with van der Waals surface area (Å²) in [6, 6.07) is 7.32. The van der Waals surface area contributed by atoms with Gasteiger partial charge in [-0.25, -0.2) is 8.42 Å². The minimum Gasteiger partial charge on any atom is -0.489 e. The molecule has 1 fully saturated rings. The molecular weight excluding hydrogens is 250 g/mol. The van der Waals surface area contributed by atoms with Crippen molar-refractivity contribution in [2.45, 2.75) is 32.8 Å². The molecule has 0 N–H and O–H groups in total. The number of sulfonamides is 1. The molecule has 2 rings (SSSR count). The van der Waals surface area contributed by atoms with E-state index >= 15 is 0 Å². The van der Waals surface area contributed by atoms with Gasteiger partial charge in [-0.2, -0.15) is 0 Å². The number of anilines is 1. The van der Waals surface area contributed by atoms with Gasteiger partial charge in [0.2, 0.25) is 10.0 Å². The average molecular weight is 269 g/mol. The highest BCUT2D eigenvalue weighted by atomic mass is 32.2. The van der Waals surface area contributed by atoms with Gasteiger partial charge in [-0.1, -0.05) is 12.1 Å². The summed E-state index contributed by atoms with van der Waals surface area (Å²) >= 11 is 0. The number of hydrogen-bond donors (Lipinski definition) is 0. The van der Waals surface area contributed by atoms with Crippen LogP contribution in [-0.2, 0) is 10.0 Å². The molecule has 5 heteroatoms. The van der Waals surface area contributed by atoms with Gasteiger partial charge >= 0.3 is 0 Å². The van der Waals surface area contributed by atoms with Gasteiger partial charge in [0.25, 0.3) is 0 Å². The molecule has 0 unspecified atom stereocenters. The third-order valence-electron chi connectivity index (χ3n) is 2.85. The van der Waals surface area contributed by atoms with Crippen LogP contribution in [-0.4, -0.2) is 26.8 Å². The lowest BCUT2D eigenvalue weighted by Crippen LogP contribution is -2.38. The van der Waals surface area contributed by atoms with Gasteiger partial charge in [-0.15, -0.1) is 0 Å². The molecule has 0 spiro atoms. The van der Waals surface area contributed by atoms with Gasteiger partial charge in [-0.05, 0) is 38.8 Å². The van der Waals surface area contributed by atoms with Gasteiger partial charge in [0.05, 0.1) is 17.5 Å². The molecule has 0 saturated carbocycles. The summed E-state index contributed by atoms with van der Waals surface area (Å²) in [5.41, 5.74) is 0.658. The zero-order valence-electron chi connectivity index (χ0n) is 10.8. The van der Waals surface area contributed by atoms with Crippen molar-refractivity contribution < 1.29 is 13.2 Å². The number of rotatable bonds is 3. The Hall–Kier alpha value is -1.23. The van der Waals surface area contributed by atoms with E-state index in [9.17, 15) is 8.42 Å². The summed E-state index contributed by atoms with van der Waals surface area (Å²) in [7, 11) is -3.18. The molecule has 1 saturated heterocycles. The van der Waals surface area contributed by atoms with Crippen LogP contribution in [0, 0.1) is 0 Å². The van der Waals surface area contributed by atoms with Crippen LogP contribution in [0.15, 0.2) is 24.3 Å². The lowest BCUT2D eigenvalue weighted by atomic mass is 10.2. The van der Waals surface area contributed by atoms with E-state index in [-0.39, 0.29) is 11.9 Å². The van der Waals surface area contributed by atoms with Gasteiger partial charge in [-0.3, -0.25) is 4.31 Å². The second-order valence-corrected chi connectivity index (χ2v) is 6.74. The molecule has 0 aliphatic carbocycles. The SMILES string of the molecule is CC(C)Oc1ccccc1N1CCCCS1(=O)=O. The fraction of sp³-hybridized carbons (Fsp3) is 0.538. The van der Waals surface area contributed by atoms with Crippen molar-refractivity contribution >= 4 is 15.7 Å². The topological polar surface area (TPSA) is 46.6 Å². The first-order valence-corrected chi connectivity index (χ1v) is 7.88. The molecule has 18 heavy (non-hydrogen) atoms. The Morgan fingerprint density at radius 2 is 1.94 bits per heavy atom. The summed E-state index contributed by atoms with van der Waals surface area (Å²) in [6.07, 6.45) is 1.67. The van der Waals surface area contributed by atoms with E-state index in [2.05, 4.69) is 0 Å². The molecule has 4 nitrogen and oxygen atoms in total. The number of nitrogens with zero attached hydrogens (tertiary/aromatic N) is 1. The maximum Gasteiger partial charge on any atom is 0.235 e. The van der Waals surface area contributed by atoms with Crippen molar-refractivity contribution in [1.82, 2.24) is 0 Å². The summed E-state index contributed by atoms with van der Waals surface area (Å²) in [5, 5.41) is 0. The summed E-state index contributed by atoms with van der Waals surface area (Å²) in [5.74, 6) is 0.862. The molecule has 1 aliphatic rings. The molecule has 0 amide bonds. The van der Waals surface area contributed by atoms with Crippen molar-refractivity contribution in [3.05, 3.63) is 24.3 Å². The predicted octanol–water partition coefficient (Wildman–Crippen LogP) is 2.40. The molecule has 1 aromatic carbocycles. The molecule has 0 aromatic heterocycles. The first kappa shape index (κ1) is 13.2. The van der Waals surface area contributed by atoms with E-state index in [0.29, 0.717) is 18.0 Å². The summed E-state index contributed by atoms with van der Waals surface area (Å²) in [4.78, 5) is 0. The number of hydrogen-bond acceptors (Lipinski definition) is 3. The van der Waals surface area contributed by atoms with Crippen molar-refractivity contribution in [1.29, 1.82) is 0 Å².